The van der Waals surface area contributed by atoms with Gasteiger partial charge in [0.2, 0.25) is 0 Å². The number of rotatable bonds is 6. The van der Waals surface area contributed by atoms with E-state index >= 15 is 0 Å². The standard InChI is InChI=1S/C24H29NO4/c1-4-25(20-9-11-28-12-10-20)22-14-19(13-21(16(22)2)24(26)27-3)17-5-7-18(8-6-17)23-15-29-23/h5-8,13-14,20,23H,4,9-12,15H2,1-3H3. The number of hydrogen-bond donors (Lipinski definition) is 0. The molecular weight excluding hydrogens is 366 g/mol. The van der Waals surface area contributed by atoms with Crippen LogP contribution in [0.3, 0.4) is 0 Å². The first-order valence-electron chi connectivity index (χ1n) is 10.4. The Hall–Kier alpha value is -2.37. The van der Waals surface area contributed by atoms with Gasteiger partial charge in [-0.05, 0) is 61.1 Å². The largest absolute Gasteiger partial charge is 0.465 e. The minimum atomic E-state index is -0.295. The molecule has 2 saturated heterocycles. The van der Waals surface area contributed by atoms with Crippen LogP contribution in [0.4, 0.5) is 5.69 Å². The van der Waals surface area contributed by atoms with Gasteiger partial charge in [0.25, 0.3) is 0 Å². The topological polar surface area (TPSA) is 51.3 Å². The highest BCUT2D eigenvalue weighted by Crippen LogP contribution is 2.35. The lowest BCUT2D eigenvalue weighted by molar-refractivity contribution is 0.0599. The lowest BCUT2D eigenvalue weighted by atomic mass is 9.95. The molecule has 29 heavy (non-hydrogen) atoms. The summed E-state index contributed by atoms with van der Waals surface area (Å²) in [6, 6.07) is 13.0. The van der Waals surface area contributed by atoms with Gasteiger partial charge in [-0.25, -0.2) is 4.79 Å². The Bertz CT molecular complexity index is 867. The summed E-state index contributed by atoms with van der Waals surface area (Å²) in [5.74, 6) is -0.295. The number of esters is 1. The molecule has 0 aliphatic carbocycles. The van der Waals surface area contributed by atoms with Gasteiger partial charge in [-0.3, -0.25) is 0 Å². The van der Waals surface area contributed by atoms with Crippen LogP contribution in [0.1, 0.15) is 47.4 Å². The Labute approximate surface area is 172 Å². The van der Waals surface area contributed by atoms with E-state index in [1.807, 2.05) is 13.0 Å². The summed E-state index contributed by atoms with van der Waals surface area (Å²) in [6.45, 7) is 7.44. The Balaban J connectivity index is 1.76. The second-order valence-corrected chi connectivity index (χ2v) is 7.73. The molecular formula is C24H29NO4. The first-order chi connectivity index (χ1) is 14.1. The maximum atomic E-state index is 12.5. The lowest BCUT2D eigenvalue weighted by Crippen LogP contribution is -2.40. The van der Waals surface area contributed by atoms with Crippen molar-refractivity contribution >= 4 is 11.7 Å². The second kappa shape index (κ2) is 8.56. The summed E-state index contributed by atoms with van der Waals surface area (Å²) in [4.78, 5) is 14.9. The molecule has 0 spiro atoms. The quantitative estimate of drug-likeness (QED) is 0.531. The predicted molar refractivity (Wildman–Crippen MR) is 114 cm³/mol. The van der Waals surface area contributed by atoms with Crippen LogP contribution < -0.4 is 4.90 Å². The van der Waals surface area contributed by atoms with Gasteiger partial charge in [0.05, 0.1) is 19.3 Å². The van der Waals surface area contributed by atoms with Crippen LogP contribution in [0, 0.1) is 6.92 Å². The summed E-state index contributed by atoms with van der Waals surface area (Å²) in [7, 11) is 1.44. The monoisotopic (exact) mass is 395 g/mol. The van der Waals surface area contributed by atoms with Crippen molar-refractivity contribution in [3.05, 3.63) is 53.1 Å². The average molecular weight is 395 g/mol. The summed E-state index contributed by atoms with van der Waals surface area (Å²) in [5, 5.41) is 0. The first kappa shape index (κ1) is 19.9. The van der Waals surface area contributed by atoms with E-state index in [0.717, 1.165) is 61.6 Å². The Kier molecular flexibility index (Phi) is 5.88. The molecule has 2 aromatic carbocycles. The molecule has 2 heterocycles. The maximum Gasteiger partial charge on any atom is 0.338 e. The fourth-order valence-corrected chi connectivity index (χ4v) is 4.24. The molecule has 1 unspecified atom stereocenters. The third-order valence-corrected chi connectivity index (χ3v) is 6.02. The maximum absolute atomic E-state index is 12.5. The molecule has 154 valence electrons. The number of ether oxygens (including phenoxy) is 3. The fourth-order valence-electron chi connectivity index (χ4n) is 4.24. The van der Waals surface area contributed by atoms with E-state index in [1.165, 1.54) is 12.7 Å². The summed E-state index contributed by atoms with van der Waals surface area (Å²) >= 11 is 0. The highest BCUT2D eigenvalue weighted by molar-refractivity contribution is 5.95. The minimum Gasteiger partial charge on any atom is -0.465 e. The van der Waals surface area contributed by atoms with E-state index in [2.05, 4.69) is 42.2 Å². The smallest absolute Gasteiger partial charge is 0.338 e. The van der Waals surface area contributed by atoms with Crippen molar-refractivity contribution in [1.82, 2.24) is 0 Å². The molecule has 4 rings (SSSR count). The van der Waals surface area contributed by atoms with Gasteiger partial charge in [0.15, 0.2) is 0 Å². The molecule has 0 amide bonds. The fraction of sp³-hybridized carbons (Fsp3) is 0.458. The van der Waals surface area contributed by atoms with E-state index in [0.29, 0.717) is 11.6 Å². The normalized spacial score (nSPS) is 19.1. The molecule has 1 atom stereocenters. The molecule has 0 saturated carbocycles. The highest BCUT2D eigenvalue weighted by Gasteiger charge is 2.26. The van der Waals surface area contributed by atoms with Crippen LogP contribution in [0.25, 0.3) is 11.1 Å². The number of hydrogen-bond acceptors (Lipinski definition) is 5. The van der Waals surface area contributed by atoms with E-state index in [-0.39, 0.29) is 12.1 Å². The average Bonchev–Trinajstić information content (AvgIpc) is 3.61. The van der Waals surface area contributed by atoms with E-state index in [1.54, 1.807) is 0 Å². The van der Waals surface area contributed by atoms with Gasteiger partial charge in [0.1, 0.15) is 6.10 Å². The molecule has 2 fully saturated rings. The number of nitrogens with zero attached hydrogens (tertiary/aromatic N) is 1. The first-order valence-corrected chi connectivity index (χ1v) is 10.4. The summed E-state index contributed by atoms with van der Waals surface area (Å²) in [6.07, 6.45) is 2.25. The van der Waals surface area contributed by atoms with Gasteiger partial charge in [-0.15, -0.1) is 0 Å². The zero-order valence-electron chi connectivity index (χ0n) is 17.4. The number of methoxy groups -OCH3 is 1. The molecule has 5 nitrogen and oxygen atoms in total. The van der Waals surface area contributed by atoms with Gasteiger partial charge in [-0.1, -0.05) is 24.3 Å². The van der Waals surface area contributed by atoms with Crippen LogP contribution in [0.5, 0.6) is 0 Å². The SMILES string of the molecule is CCN(c1cc(-c2ccc(C3CO3)cc2)cc(C(=O)OC)c1C)C1CCOCC1. The lowest BCUT2D eigenvalue weighted by Gasteiger charge is -2.37. The number of benzene rings is 2. The van der Waals surface area contributed by atoms with E-state index in [4.69, 9.17) is 14.2 Å². The van der Waals surface area contributed by atoms with Crippen molar-refractivity contribution in [1.29, 1.82) is 0 Å². The molecule has 0 radical (unpaired) electrons. The molecule has 0 aromatic heterocycles. The summed E-state index contributed by atoms with van der Waals surface area (Å²) < 4.78 is 16.0. The minimum absolute atomic E-state index is 0.243. The summed E-state index contributed by atoms with van der Waals surface area (Å²) in [5.41, 5.74) is 6.01. The molecule has 0 N–H and O–H groups in total. The van der Waals surface area contributed by atoms with Gasteiger partial charge in [0, 0.05) is 31.5 Å². The van der Waals surface area contributed by atoms with Gasteiger partial charge >= 0.3 is 5.97 Å². The van der Waals surface area contributed by atoms with Crippen LogP contribution in [-0.2, 0) is 14.2 Å². The van der Waals surface area contributed by atoms with E-state index in [9.17, 15) is 4.79 Å². The van der Waals surface area contributed by atoms with Gasteiger partial charge < -0.3 is 19.1 Å². The van der Waals surface area contributed by atoms with Crippen molar-refractivity contribution in [2.45, 2.75) is 38.8 Å². The molecule has 5 heteroatoms. The molecule has 0 bridgehead atoms. The molecule has 2 aromatic rings. The van der Waals surface area contributed by atoms with Crippen LogP contribution in [0.2, 0.25) is 0 Å². The molecule has 2 aliphatic heterocycles. The van der Waals surface area contributed by atoms with E-state index < -0.39 is 0 Å². The second-order valence-electron chi connectivity index (χ2n) is 7.73. The van der Waals surface area contributed by atoms with Crippen molar-refractivity contribution in [2.24, 2.45) is 0 Å². The number of carbonyl (C=O) groups excluding carboxylic acids is 1. The predicted octanol–water partition coefficient (Wildman–Crippen LogP) is 4.53. The van der Waals surface area contributed by atoms with Crippen molar-refractivity contribution in [3.8, 4) is 11.1 Å². The van der Waals surface area contributed by atoms with Crippen LogP contribution in [0.15, 0.2) is 36.4 Å². The number of carbonyl (C=O) groups is 1. The number of epoxide rings is 1. The third kappa shape index (κ3) is 4.16. The van der Waals surface area contributed by atoms with Crippen molar-refractivity contribution in [3.63, 3.8) is 0 Å². The van der Waals surface area contributed by atoms with Crippen molar-refractivity contribution in [2.75, 3.05) is 38.4 Å². The third-order valence-electron chi connectivity index (χ3n) is 6.02. The highest BCUT2D eigenvalue weighted by atomic mass is 16.6. The molecule has 2 aliphatic rings. The van der Waals surface area contributed by atoms with Gasteiger partial charge in [-0.2, -0.15) is 0 Å². The van der Waals surface area contributed by atoms with Crippen LogP contribution in [-0.4, -0.2) is 45.5 Å². The Morgan fingerprint density at radius 1 is 1.14 bits per heavy atom. The zero-order chi connectivity index (χ0) is 20.4. The number of anilines is 1. The zero-order valence-corrected chi connectivity index (χ0v) is 17.4. The Morgan fingerprint density at radius 3 is 2.41 bits per heavy atom. The van der Waals surface area contributed by atoms with Crippen LogP contribution >= 0.6 is 0 Å². The Morgan fingerprint density at radius 2 is 1.83 bits per heavy atom. The van der Waals surface area contributed by atoms with Crippen molar-refractivity contribution < 1.29 is 19.0 Å².